The summed E-state index contributed by atoms with van der Waals surface area (Å²) in [6.07, 6.45) is 1.06. The summed E-state index contributed by atoms with van der Waals surface area (Å²) in [7, 11) is 0. The molecule has 1 aromatic carbocycles. The van der Waals surface area contributed by atoms with Gasteiger partial charge in [0.25, 0.3) is 0 Å². The van der Waals surface area contributed by atoms with Crippen LogP contribution in [0.1, 0.15) is 72.9 Å². The summed E-state index contributed by atoms with van der Waals surface area (Å²) in [6.45, 7) is 20.0. The molecule has 0 N–H and O–H groups in total. The summed E-state index contributed by atoms with van der Waals surface area (Å²) in [5.41, 5.74) is 10.1. The minimum atomic E-state index is 0.104. The summed E-state index contributed by atoms with van der Waals surface area (Å²) < 4.78 is 0. The average Bonchev–Trinajstić information content (AvgIpc) is 2.51. The largest absolute Gasteiger partial charge is 0.155 e. The van der Waals surface area contributed by atoms with Crippen LogP contribution in [0.3, 0.4) is 0 Å². The van der Waals surface area contributed by atoms with Gasteiger partial charge in [-0.05, 0) is 57.6 Å². The fourth-order valence-corrected chi connectivity index (χ4v) is 3.97. The fourth-order valence-electron chi connectivity index (χ4n) is 3.97. The van der Waals surface area contributed by atoms with Gasteiger partial charge in [0, 0.05) is 11.5 Å². The molecular weight excluding hydrogens is 316 g/mol. The molecule has 0 heterocycles. The van der Waals surface area contributed by atoms with E-state index in [1.54, 1.807) is 0 Å². The predicted molar refractivity (Wildman–Crippen MR) is 115 cm³/mol. The number of nitrogens with zero attached hydrogens (tertiary/aromatic N) is 2. The highest BCUT2D eigenvalue weighted by Crippen LogP contribution is 2.42. The van der Waals surface area contributed by atoms with Gasteiger partial charge in [-0.3, -0.25) is 0 Å². The first-order chi connectivity index (χ1) is 12.0. The average molecular weight is 351 g/mol. The number of aryl methyl sites for hydroxylation is 1. The molecule has 0 amide bonds. The number of allylic oxidation sites excluding steroid dienone is 4. The highest BCUT2D eigenvalue weighted by atomic mass is 15.2. The molecular formula is C24H34N2. The summed E-state index contributed by atoms with van der Waals surface area (Å²) in [4.78, 5) is 0. The SMILES string of the molecule is CC(C)=C1C(C(C)(C)C)=C(C)CC(C)/C1=N\N=C(/C)c1cccc(C)c1. The first kappa shape index (κ1) is 20.4. The molecule has 0 aromatic heterocycles. The van der Waals surface area contributed by atoms with E-state index in [1.807, 2.05) is 6.92 Å². The Hall–Kier alpha value is -1.96. The summed E-state index contributed by atoms with van der Waals surface area (Å²) >= 11 is 0. The van der Waals surface area contributed by atoms with Crippen LogP contribution < -0.4 is 0 Å². The third kappa shape index (κ3) is 4.41. The maximum absolute atomic E-state index is 4.78. The van der Waals surface area contributed by atoms with Gasteiger partial charge in [-0.25, -0.2) is 0 Å². The van der Waals surface area contributed by atoms with Gasteiger partial charge >= 0.3 is 0 Å². The Morgan fingerprint density at radius 1 is 1.08 bits per heavy atom. The van der Waals surface area contributed by atoms with E-state index in [2.05, 4.69) is 84.8 Å². The standard InChI is InChI=1S/C24H34N2/c1-15(2)21-22(24(7,8)9)17(4)14-18(5)23(21)26-25-19(6)20-12-10-11-16(3)13-20/h10-13,18H,14H2,1-9H3/b25-19+,26-23+. The molecule has 2 rings (SSSR count). The Labute approximate surface area is 159 Å². The van der Waals surface area contributed by atoms with E-state index in [9.17, 15) is 0 Å². The lowest BCUT2D eigenvalue weighted by atomic mass is 9.69. The highest BCUT2D eigenvalue weighted by Gasteiger charge is 2.33. The van der Waals surface area contributed by atoms with Crippen LogP contribution in [0.5, 0.6) is 0 Å². The van der Waals surface area contributed by atoms with Crippen molar-refractivity contribution in [2.45, 2.75) is 68.7 Å². The van der Waals surface area contributed by atoms with Crippen LogP contribution in [-0.4, -0.2) is 11.4 Å². The predicted octanol–water partition coefficient (Wildman–Crippen LogP) is 6.90. The maximum Gasteiger partial charge on any atom is 0.0736 e. The Morgan fingerprint density at radius 2 is 1.73 bits per heavy atom. The van der Waals surface area contributed by atoms with Crippen LogP contribution in [0.4, 0.5) is 0 Å². The van der Waals surface area contributed by atoms with Gasteiger partial charge < -0.3 is 0 Å². The number of hydrogen-bond acceptors (Lipinski definition) is 2. The molecule has 1 unspecified atom stereocenters. The molecule has 0 saturated heterocycles. The normalized spacial score (nSPS) is 20.8. The first-order valence-corrected chi connectivity index (χ1v) is 9.60. The summed E-state index contributed by atoms with van der Waals surface area (Å²) in [5, 5.41) is 9.42. The molecule has 0 radical (unpaired) electrons. The number of rotatable bonds is 2. The van der Waals surface area contributed by atoms with E-state index in [0.717, 1.165) is 23.4 Å². The molecule has 0 bridgehead atoms. The van der Waals surface area contributed by atoms with E-state index in [1.165, 1.54) is 27.9 Å². The van der Waals surface area contributed by atoms with Crippen LogP contribution >= 0.6 is 0 Å². The topological polar surface area (TPSA) is 24.7 Å². The molecule has 26 heavy (non-hydrogen) atoms. The molecule has 0 aliphatic heterocycles. The van der Waals surface area contributed by atoms with Crippen LogP contribution in [0.25, 0.3) is 0 Å². The van der Waals surface area contributed by atoms with Crippen LogP contribution in [0.2, 0.25) is 0 Å². The second-order valence-corrected chi connectivity index (χ2v) is 8.93. The molecule has 2 nitrogen and oxygen atoms in total. The van der Waals surface area contributed by atoms with Crippen molar-refractivity contribution in [2.75, 3.05) is 0 Å². The van der Waals surface area contributed by atoms with Gasteiger partial charge in [0.15, 0.2) is 0 Å². The molecule has 1 aliphatic rings. The van der Waals surface area contributed by atoms with Gasteiger partial charge in [-0.15, -0.1) is 0 Å². The lowest BCUT2D eigenvalue weighted by Crippen LogP contribution is -2.28. The quantitative estimate of drug-likeness (QED) is 0.409. The monoisotopic (exact) mass is 350 g/mol. The molecule has 140 valence electrons. The van der Waals surface area contributed by atoms with Crippen molar-refractivity contribution in [3.8, 4) is 0 Å². The highest BCUT2D eigenvalue weighted by molar-refractivity contribution is 6.08. The Morgan fingerprint density at radius 3 is 2.27 bits per heavy atom. The van der Waals surface area contributed by atoms with Crippen molar-refractivity contribution >= 4 is 11.4 Å². The molecule has 1 aromatic rings. The van der Waals surface area contributed by atoms with E-state index in [-0.39, 0.29) is 5.41 Å². The third-order valence-corrected chi connectivity index (χ3v) is 5.01. The van der Waals surface area contributed by atoms with Crippen molar-refractivity contribution < 1.29 is 0 Å². The Bertz CT molecular complexity index is 807. The van der Waals surface area contributed by atoms with Gasteiger partial charge in [-0.2, -0.15) is 10.2 Å². The van der Waals surface area contributed by atoms with E-state index in [4.69, 9.17) is 5.10 Å². The van der Waals surface area contributed by atoms with Crippen molar-refractivity contribution in [3.63, 3.8) is 0 Å². The van der Waals surface area contributed by atoms with E-state index < -0.39 is 0 Å². The fraction of sp³-hybridized carbons (Fsp3) is 0.500. The minimum absolute atomic E-state index is 0.104. The zero-order chi connectivity index (χ0) is 19.6. The number of benzene rings is 1. The molecule has 1 aliphatic carbocycles. The second kappa shape index (κ2) is 7.73. The smallest absolute Gasteiger partial charge is 0.0736 e. The Kier molecular flexibility index (Phi) is 6.05. The minimum Gasteiger partial charge on any atom is -0.155 e. The third-order valence-electron chi connectivity index (χ3n) is 5.01. The van der Waals surface area contributed by atoms with Crippen molar-refractivity contribution in [2.24, 2.45) is 21.5 Å². The second-order valence-electron chi connectivity index (χ2n) is 8.93. The first-order valence-electron chi connectivity index (χ1n) is 9.60. The molecule has 2 heteroatoms. The van der Waals surface area contributed by atoms with Gasteiger partial charge in [0.1, 0.15) is 0 Å². The van der Waals surface area contributed by atoms with Gasteiger partial charge in [0.2, 0.25) is 0 Å². The molecule has 1 atom stereocenters. The summed E-state index contributed by atoms with van der Waals surface area (Å²) in [5.74, 6) is 0.389. The molecule has 0 fully saturated rings. The van der Waals surface area contributed by atoms with E-state index >= 15 is 0 Å². The van der Waals surface area contributed by atoms with Crippen LogP contribution in [0.15, 0.2) is 56.8 Å². The molecule has 0 spiro atoms. The molecule has 0 saturated carbocycles. The van der Waals surface area contributed by atoms with Crippen LogP contribution in [-0.2, 0) is 0 Å². The zero-order valence-corrected chi connectivity index (χ0v) is 18.0. The number of hydrogen-bond donors (Lipinski definition) is 0. The van der Waals surface area contributed by atoms with Crippen LogP contribution in [0, 0.1) is 18.3 Å². The maximum atomic E-state index is 4.78. The van der Waals surface area contributed by atoms with Crippen molar-refractivity contribution in [1.82, 2.24) is 0 Å². The zero-order valence-electron chi connectivity index (χ0n) is 18.0. The van der Waals surface area contributed by atoms with E-state index in [0.29, 0.717) is 5.92 Å². The summed E-state index contributed by atoms with van der Waals surface area (Å²) in [6, 6.07) is 8.44. The van der Waals surface area contributed by atoms with Gasteiger partial charge in [-0.1, -0.05) is 68.7 Å². The van der Waals surface area contributed by atoms with Crippen molar-refractivity contribution in [3.05, 3.63) is 57.7 Å². The van der Waals surface area contributed by atoms with Gasteiger partial charge in [0.05, 0.1) is 11.4 Å². The lowest BCUT2D eigenvalue weighted by Gasteiger charge is -2.35. The lowest BCUT2D eigenvalue weighted by molar-refractivity contribution is 0.496. The Balaban J connectivity index is 2.55. The van der Waals surface area contributed by atoms with Crippen molar-refractivity contribution in [1.29, 1.82) is 0 Å².